The first-order chi connectivity index (χ1) is 25.9. The molecule has 4 aliphatic rings. The summed E-state index contributed by atoms with van der Waals surface area (Å²) in [6.45, 7) is -3.59. The van der Waals surface area contributed by atoms with Crippen molar-refractivity contribution in [2.75, 3.05) is 33.0 Å². The first-order valence-electron chi connectivity index (χ1n) is 17.4. The predicted octanol–water partition coefficient (Wildman–Crippen LogP) is -11.3. The third kappa shape index (κ3) is 10.1. The van der Waals surface area contributed by atoms with Gasteiger partial charge in [0.2, 0.25) is 0 Å². The minimum absolute atomic E-state index is 0.882. The van der Waals surface area contributed by atoms with Crippen LogP contribution in [0.5, 0.6) is 0 Å². The zero-order valence-electron chi connectivity index (χ0n) is 29.3. The standard InChI is InChI=1S/C30H54O25/c1-7-13(39)17(43)26(55-29-20(46)24(15(41)11(5-34)50-29)53-27-19(45)18(44)23(52-27)10(38)4-33)30(48-7)54-25-16(42)12(6-35)49-28(21(25)47)51-22(9(37)3-32)14(40)8(36)2-31/h7-47H,2-6H2,1H3/t7-,8-,9+,10-,11-,12-,13-,14-,15+,16-,17+,18-,19-,20-,21+,22-,23+,24+,25+,26+,27+,28-,29-,30-/m1/s1. The Kier molecular flexibility index (Phi) is 17.2. The molecule has 0 radical (unpaired) electrons. The topological polar surface area (TPSA) is 418 Å². The van der Waals surface area contributed by atoms with Crippen LogP contribution in [0.15, 0.2) is 0 Å². The van der Waals surface area contributed by atoms with E-state index in [-0.39, 0.29) is 0 Å². The van der Waals surface area contributed by atoms with Gasteiger partial charge in [-0.3, -0.25) is 0 Å². The van der Waals surface area contributed by atoms with Crippen LogP contribution in [-0.2, 0) is 37.9 Å². The molecule has 4 saturated heterocycles. The molecular formula is C30H54O25. The second kappa shape index (κ2) is 20.3. The summed E-state index contributed by atoms with van der Waals surface area (Å²) in [4.78, 5) is 0. The quantitative estimate of drug-likeness (QED) is 0.0648. The Hall–Kier alpha value is -1.00. The van der Waals surface area contributed by atoms with Crippen LogP contribution in [0.4, 0.5) is 0 Å². The molecule has 0 saturated carbocycles. The van der Waals surface area contributed by atoms with E-state index in [1.165, 1.54) is 6.92 Å². The molecule has 0 spiro atoms. The monoisotopic (exact) mass is 814 g/mol. The van der Waals surface area contributed by atoms with Crippen LogP contribution in [0.25, 0.3) is 0 Å². The lowest BCUT2D eigenvalue weighted by Crippen LogP contribution is -2.67. The Labute approximate surface area is 312 Å². The van der Waals surface area contributed by atoms with Crippen LogP contribution in [0.1, 0.15) is 6.92 Å². The van der Waals surface area contributed by atoms with E-state index in [9.17, 15) is 86.8 Å². The van der Waals surface area contributed by atoms with Crippen LogP contribution in [0.2, 0.25) is 0 Å². The van der Waals surface area contributed by atoms with E-state index >= 15 is 0 Å². The first kappa shape index (κ1) is 46.7. The molecule has 0 bridgehead atoms. The fourth-order valence-corrected chi connectivity index (χ4v) is 6.56. The van der Waals surface area contributed by atoms with E-state index in [1.54, 1.807) is 0 Å². The first-order valence-corrected chi connectivity index (χ1v) is 17.4. The maximum Gasteiger partial charge on any atom is 0.187 e. The third-order valence-corrected chi connectivity index (χ3v) is 9.90. The van der Waals surface area contributed by atoms with E-state index in [0.717, 1.165) is 0 Å². The molecule has 25 heteroatoms. The van der Waals surface area contributed by atoms with Gasteiger partial charge < -0.3 is 125 Å². The number of ether oxygens (including phenoxy) is 8. The van der Waals surface area contributed by atoms with Crippen LogP contribution in [0.3, 0.4) is 0 Å². The van der Waals surface area contributed by atoms with E-state index in [1.807, 2.05) is 0 Å². The third-order valence-electron chi connectivity index (χ3n) is 9.90. The molecule has 0 aromatic carbocycles. The van der Waals surface area contributed by atoms with Gasteiger partial charge in [-0.15, -0.1) is 0 Å². The van der Waals surface area contributed by atoms with E-state index in [4.69, 9.17) is 37.9 Å². The van der Waals surface area contributed by atoms with E-state index < -0.39 is 180 Å². The van der Waals surface area contributed by atoms with Crippen LogP contribution < -0.4 is 0 Å². The van der Waals surface area contributed by atoms with Crippen molar-refractivity contribution >= 4 is 0 Å². The van der Waals surface area contributed by atoms with Crippen molar-refractivity contribution in [1.29, 1.82) is 0 Å². The highest BCUT2D eigenvalue weighted by Crippen LogP contribution is 2.35. The molecule has 25 nitrogen and oxygen atoms in total. The Bertz CT molecular complexity index is 1140. The second-order valence-electron chi connectivity index (χ2n) is 13.7. The van der Waals surface area contributed by atoms with Gasteiger partial charge in [-0.25, -0.2) is 0 Å². The van der Waals surface area contributed by atoms with Gasteiger partial charge >= 0.3 is 0 Å². The van der Waals surface area contributed by atoms with E-state index in [2.05, 4.69) is 0 Å². The summed E-state index contributed by atoms with van der Waals surface area (Å²) in [6, 6.07) is 0. The molecule has 55 heavy (non-hydrogen) atoms. The summed E-state index contributed by atoms with van der Waals surface area (Å²) in [5.41, 5.74) is 0. The largest absolute Gasteiger partial charge is 0.394 e. The molecule has 324 valence electrons. The summed E-state index contributed by atoms with van der Waals surface area (Å²) in [5, 5.41) is 175. The van der Waals surface area contributed by atoms with Gasteiger partial charge in [0.15, 0.2) is 25.2 Å². The van der Waals surface area contributed by atoms with Crippen LogP contribution in [-0.4, -0.2) is 267 Å². The second-order valence-corrected chi connectivity index (χ2v) is 13.7. The average Bonchev–Trinajstić information content (AvgIpc) is 3.46. The normalized spacial score (nSPS) is 46.9. The van der Waals surface area contributed by atoms with Gasteiger partial charge in [-0.05, 0) is 6.92 Å². The van der Waals surface area contributed by atoms with Crippen molar-refractivity contribution in [2.24, 2.45) is 0 Å². The Morgan fingerprint density at radius 1 is 0.473 bits per heavy atom. The van der Waals surface area contributed by atoms with Gasteiger partial charge in [0.1, 0.15) is 116 Å². The lowest BCUT2D eigenvalue weighted by Gasteiger charge is -2.49. The Balaban J connectivity index is 1.58. The minimum atomic E-state index is -2.14. The molecular weight excluding hydrogens is 760 g/mol. The SMILES string of the molecule is C[C@H]1O[C@H](O[C@@H]2[C@H](O)[C@@H](O[C@@H]([C@H](O)[C@H](O)CO)[C@@H](O)CO)O[C@H](CO)[C@H]2O)[C@@H](O[C@H]2O[C@H](CO)[C@H](O)[C@H](O[C@@H]3O[C@@H]([C@H](O)CO)[C@H](O)[C@H]3O)[C@H]2O)[C@@H](O)[C@@H]1O. The zero-order chi connectivity index (χ0) is 41.0. The highest BCUT2D eigenvalue weighted by Gasteiger charge is 2.56. The van der Waals surface area contributed by atoms with Gasteiger partial charge in [-0.1, -0.05) is 0 Å². The summed E-state index contributed by atoms with van der Waals surface area (Å²) in [5.74, 6) is 0. The predicted molar refractivity (Wildman–Crippen MR) is 167 cm³/mol. The molecule has 0 unspecified atom stereocenters. The summed E-state index contributed by atoms with van der Waals surface area (Å²) in [6.07, 6.45) is -44.7. The van der Waals surface area contributed by atoms with Gasteiger partial charge in [0.25, 0.3) is 0 Å². The number of hydrogen-bond donors (Lipinski definition) is 17. The van der Waals surface area contributed by atoms with Crippen molar-refractivity contribution in [3.05, 3.63) is 0 Å². The molecule has 24 atom stereocenters. The molecule has 0 aromatic heterocycles. The summed E-state index contributed by atoms with van der Waals surface area (Å²) in [7, 11) is 0. The Morgan fingerprint density at radius 2 is 0.964 bits per heavy atom. The number of hydrogen-bond acceptors (Lipinski definition) is 25. The van der Waals surface area contributed by atoms with Gasteiger partial charge in [0.05, 0.1) is 39.1 Å². The molecule has 0 aromatic rings. The molecule has 4 heterocycles. The lowest BCUT2D eigenvalue weighted by molar-refractivity contribution is -0.394. The summed E-state index contributed by atoms with van der Waals surface area (Å²) >= 11 is 0. The van der Waals surface area contributed by atoms with Crippen molar-refractivity contribution in [3.63, 3.8) is 0 Å². The fraction of sp³-hybridized carbons (Fsp3) is 1.00. The van der Waals surface area contributed by atoms with E-state index in [0.29, 0.717) is 0 Å². The maximum absolute atomic E-state index is 11.3. The summed E-state index contributed by atoms with van der Waals surface area (Å²) < 4.78 is 44.4. The molecule has 4 fully saturated rings. The van der Waals surface area contributed by atoms with Crippen molar-refractivity contribution < 1.29 is 125 Å². The number of aliphatic hydroxyl groups excluding tert-OH is 17. The number of rotatable bonds is 17. The molecule has 4 rings (SSSR count). The molecule has 4 aliphatic heterocycles. The lowest BCUT2D eigenvalue weighted by atomic mass is 9.96. The Morgan fingerprint density at radius 3 is 1.49 bits per heavy atom. The number of aliphatic hydroxyl groups is 17. The van der Waals surface area contributed by atoms with Gasteiger partial charge in [0, 0.05) is 0 Å². The molecule has 0 amide bonds. The van der Waals surface area contributed by atoms with Gasteiger partial charge in [-0.2, -0.15) is 0 Å². The molecule has 0 aliphatic carbocycles. The highest BCUT2D eigenvalue weighted by atomic mass is 16.8. The highest BCUT2D eigenvalue weighted by molar-refractivity contribution is 4.98. The van der Waals surface area contributed by atoms with Crippen molar-refractivity contribution in [1.82, 2.24) is 0 Å². The van der Waals surface area contributed by atoms with Crippen LogP contribution in [0, 0.1) is 0 Å². The van der Waals surface area contributed by atoms with Crippen LogP contribution >= 0.6 is 0 Å². The smallest absolute Gasteiger partial charge is 0.187 e. The zero-order valence-corrected chi connectivity index (χ0v) is 29.3. The molecule has 17 N–H and O–H groups in total. The average molecular weight is 815 g/mol. The fourth-order valence-electron chi connectivity index (χ4n) is 6.56. The van der Waals surface area contributed by atoms with Crippen molar-refractivity contribution in [3.8, 4) is 0 Å². The van der Waals surface area contributed by atoms with Crippen molar-refractivity contribution in [2.45, 2.75) is 154 Å². The maximum atomic E-state index is 11.3. The minimum Gasteiger partial charge on any atom is -0.394 e.